The molecule has 0 aliphatic rings. The summed E-state index contributed by atoms with van der Waals surface area (Å²) in [6.45, 7) is 2.11. The number of hydrogen-bond acceptors (Lipinski definition) is 6. The molecule has 0 aliphatic heterocycles. The van der Waals surface area contributed by atoms with E-state index in [4.69, 9.17) is 0 Å². The molecule has 3 rings (SSSR count). The lowest BCUT2D eigenvalue weighted by molar-refractivity contribution is 0.897. The molecule has 1 unspecified atom stereocenters. The summed E-state index contributed by atoms with van der Waals surface area (Å²) >= 11 is 1.72. The van der Waals surface area contributed by atoms with Crippen LogP contribution in [-0.4, -0.2) is 27.0 Å². The molecule has 0 saturated carbocycles. The van der Waals surface area contributed by atoms with Crippen molar-refractivity contribution >= 4 is 34.3 Å². The minimum atomic E-state index is 0.186. The molecule has 3 aromatic heterocycles. The van der Waals surface area contributed by atoms with Crippen LogP contribution in [0, 0.1) is 0 Å². The number of imidazole rings is 1. The van der Waals surface area contributed by atoms with Crippen LogP contribution in [-0.2, 0) is 0 Å². The molecule has 0 aromatic carbocycles. The van der Waals surface area contributed by atoms with Gasteiger partial charge in [-0.2, -0.15) is 9.97 Å². The van der Waals surface area contributed by atoms with Crippen LogP contribution in [0.15, 0.2) is 23.8 Å². The van der Waals surface area contributed by atoms with E-state index in [-0.39, 0.29) is 6.04 Å². The molecule has 19 heavy (non-hydrogen) atoms. The number of aromatic nitrogens is 4. The number of aromatic amines is 1. The van der Waals surface area contributed by atoms with Crippen LogP contribution in [0.5, 0.6) is 0 Å². The average Bonchev–Trinajstić information content (AvgIpc) is 3.09. The number of nitrogens with zero attached hydrogens (tertiary/aromatic N) is 3. The summed E-state index contributed by atoms with van der Waals surface area (Å²) in [4.78, 5) is 17.2. The van der Waals surface area contributed by atoms with Crippen molar-refractivity contribution < 1.29 is 0 Å². The molecule has 0 spiro atoms. The zero-order valence-electron chi connectivity index (χ0n) is 10.6. The van der Waals surface area contributed by atoms with E-state index >= 15 is 0 Å². The predicted octanol–water partition coefficient (Wildman–Crippen LogP) is 2.63. The van der Waals surface area contributed by atoms with E-state index in [0.29, 0.717) is 11.6 Å². The fourth-order valence-corrected chi connectivity index (χ4v) is 2.60. The van der Waals surface area contributed by atoms with Crippen LogP contribution in [0.2, 0.25) is 0 Å². The Hall–Kier alpha value is -2.15. The number of hydrogen-bond donors (Lipinski definition) is 3. The van der Waals surface area contributed by atoms with Gasteiger partial charge in [0.05, 0.1) is 12.4 Å². The quantitative estimate of drug-likeness (QED) is 0.681. The van der Waals surface area contributed by atoms with Gasteiger partial charge in [0.15, 0.2) is 11.5 Å². The van der Waals surface area contributed by atoms with Gasteiger partial charge in [-0.15, -0.1) is 11.3 Å². The third kappa shape index (κ3) is 2.24. The Labute approximate surface area is 114 Å². The predicted molar refractivity (Wildman–Crippen MR) is 77.6 cm³/mol. The van der Waals surface area contributed by atoms with Crippen molar-refractivity contribution in [2.24, 2.45) is 0 Å². The summed E-state index contributed by atoms with van der Waals surface area (Å²) in [6, 6.07) is 4.33. The van der Waals surface area contributed by atoms with Crippen molar-refractivity contribution in [2.75, 3.05) is 17.7 Å². The van der Waals surface area contributed by atoms with Gasteiger partial charge in [-0.1, -0.05) is 6.07 Å². The summed E-state index contributed by atoms with van der Waals surface area (Å²) in [5.41, 5.74) is 1.47. The summed E-state index contributed by atoms with van der Waals surface area (Å²) < 4.78 is 0. The highest BCUT2D eigenvalue weighted by atomic mass is 32.1. The molecule has 7 heteroatoms. The van der Waals surface area contributed by atoms with Crippen LogP contribution in [0.3, 0.4) is 0 Å². The molecule has 0 aliphatic carbocycles. The standard InChI is InChI=1S/C12H14N6S/c1-7(8-4-3-5-19-8)16-11-9-10(15-6-14-9)17-12(13-2)18-11/h3-7H,1-2H3,(H3,13,14,15,16,17,18). The normalized spacial score (nSPS) is 12.5. The maximum Gasteiger partial charge on any atom is 0.226 e. The van der Waals surface area contributed by atoms with Crippen LogP contribution in [0.25, 0.3) is 11.2 Å². The smallest absolute Gasteiger partial charge is 0.226 e. The highest BCUT2D eigenvalue weighted by Crippen LogP contribution is 2.25. The van der Waals surface area contributed by atoms with Crippen LogP contribution in [0.1, 0.15) is 17.8 Å². The Morgan fingerprint density at radius 1 is 1.37 bits per heavy atom. The van der Waals surface area contributed by atoms with Gasteiger partial charge < -0.3 is 15.6 Å². The van der Waals surface area contributed by atoms with Crippen molar-refractivity contribution in [3.05, 3.63) is 28.7 Å². The first-order chi connectivity index (χ1) is 9.28. The van der Waals surface area contributed by atoms with E-state index < -0.39 is 0 Å². The van der Waals surface area contributed by atoms with Gasteiger partial charge in [-0.3, -0.25) is 0 Å². The van der Waals surface area contributed by atoms with E-state index in [9.17, 15) is 0 Å². The molecule has 0 radical (unpaired) electrons. The number of nitrogens with one attached hydrogen (secondary N) is 3. The largest absolute Gasteiger partial charge is 0.361 e. The van der Waals surface area contributed by atoms with E-state index in [1.165, 1.54) is 4.88 Å². The van der Waals surface area contributed by atoms with E-state index in [2.05, 4.69) is 48.9 Å². The van der Waals surface area contributed by atoms with Crippen molar-refractivity contribution in [2.45, 2.75) is 13.0 Å². The van der Waals surface area contributed by atoms with E-state index in [0.717, 1.165) is 11.3 Å². The molecule has 98 valence electrons. The Balaban J connectivity index is 1.97. The Bertz CT molecular complexity index is 675. The number of rotatable bonds is 4. The highest BCUT2D eigenvalue weighted by molar-refractivity contribution is 7.10. The summed E-state index contributed by atoms with van der Waals surface area (Å²) in [5, 5.41) is 8.41. The van der Waals surface area contributed by atoms with Gasteiger partial charge >= 0.3 is 0 Å². The molecule has 3 aromatic rings. The zero-order chi connectivity index (χ0) is 13.2. The van der Waals surface area contributed by atoms with Crippen LogP contribution >= 0.6 is 11.3 Å². The topological polar surface area (TPSA) is 78.5 Å². The maximum atomic E-state index is 4.44. The first-order valence-corrected chi connectivity index (χ1v) is 6.84. The summed E-state index contributed by atoms with van der Waals surface area (Å²) in [6.07, 6.45) is 1.62. The van der Waals surface area contributed by atoms with Gasteiger partial charge in [-0.05, 0) is 18.4 Å². The van der Waals surface area contributed by atoms with Crippen molar-refractivity contribution in [3.63, 3.8) is 0 Å². The van der Waals surface area contributed by atoms with Crippen molar-refractivity contribution in [3.8, 4) is 0 Å². The summed E-state index contributed by atoms with van der Waals surface area (Å²) in [7, 11) is 1.79. The summed E-state index contributed by atoms with van der Waals surface area (Å²) in [5.74, 6) is 1.31. The van der Waals surface area contributed by atoms with Crippen LogP contribution in [0.4, 0.5) is 11.8 Å². The number of fused-ring (bicyclic) bond motifs is 1. The molecular formula is C12H14N6S. The fraction of sp³-hybridized carbons (Fsp3) is 0.250. The fourth-order valence-electron chi connectivity index (χ4n) is 1.86. The average molecular weight is 274 g/mol. The first kappa shape index (κ1) is 11.9. The minimum Gasteiger partial charge on any atom is -0.361 e. The van der Waals surface area contributed by atoms with E-state index in [1.807, 2.05) is 6.07 Å². The second-order valence-electron chi connectivity index (χ2n) is 4.13. The number of thiophene rings is 1. The minimum absolute atomic E-state index is 0.186. The van der Waals surface area contributed by atoms with Crippen molar-refractivity contribution in [1.29, 1.82) is 0 Å². The Morgan fingerprint density at radius 2 is 2.26 bits per heavy atom. The lowest BCUT2D eigenvalue weighted by Crippen LogP contribution is -2.09. The molecule has 0 saturated heterocycles. The van der Waals surface area contributed by atoms with E-state index in [1.54, 1.807) is 24.7 Å². The SMILES string of the molecule is CNc1nc(NC(C)c2cccs2)c2[nH]cnc2n1. The number of H-pyrrole nitrogens is 1. The van der Waals surface area contributed by atoms with Gasteiger partial charge in [-0.25, -0.2) is 4.98 Å². The van der Waals surface area contributed by atoms with Gasteiger partial charge in [0.1, 0.15) is 5.52 Å². The second kappa shape index (κ2) is 4.85. The Kier molecular flexibility index (Phi) is 3.04. The van der Waals surface area contributed by atoms with Gasteiger partial charge in [0.25, 0.3) is 0 Å². The maximum absolute atomic E-state index is 4.44. The third-order valence-electron chi connectivity index (χ3n) is 2.83. The molecular weight excluding hydrogens is 260 g/mol. The third-order valence-corrected chi connectivity index (χ3v) is 3.89. The molecule has 6 nitrogen and oxygen atoms in total. The molecule has 0 bridgehead atoms. The van der Waals surface area contributed by atoms with Gasteiger partial charge in [0, 0.05) is 11.9 Å². The first-order valence-electron chi connectivity index (χ1n) is 5.96. The zero-order valence-corrected chi connectivity index (χ0v) is 11.5. The molecule has 1 atom stereocenters. The lowest BCUT2D eigenvalue weighted by Gasteiger charge is -2.13. The number of anilines is 2. The molecule has 3 N–H and O–H groups in total. The Morgan fingerprint density at radius 3 is 3.00 bits per heavy atom. The second-order valence-corrected chi connectivity index (χ2v) is 5.11. The highest BCUT2D eigenvalue weighted by Gasteiger charge is 2.13. The molecule has 3 heterocycles. The van der Waals surface area contributed by atoms with Crippen molar-refractivity contribution in [1.82, 2.24) is 19.9 Å². The van der Waals surface area contributed by atoms with Gasteiger partial charge in [0.2, 0.25) is 5.95 Å². The van der Waals surface area contributed by atoms with Crippen LogP contribution < -0.4 is 10.6 Å². The molecule has 0 fully saturated rings. The molecule has 0 amide bonds. The lowest BCUT2D eigenvalue weighted by atomic mass is 10.3. The monoisotopic (exact) mass is 274 g/mol.